The molecule has 0 spiro atoms. The van der Waals surface area contributed by atoms with Gasteiger partial charge in [-0.05, 0) is 67.7 Å². The Morgan fingerprint density at radius 1 is 1.26 bits per heavy atom. The lowest BCUT2D eigenvalue weighted by Gasteiger charge is -2.29. The molecule has 2 fully saturated rings. The number of rotatable bonds is 11. The first kappa shape index (κ1) is 24.3. The van der Waals surface area contributed by atoms with Crippen LogP contribution in [-0.2, 0) is 22.3 Å². The molecule has 0 radical (unpaired) electrons. The number of methoxy groups -OCH3 is 1. The third kappa shape index (κ3) is 5.71. The molecular formula is C29H39N3O3. The first-order chi connectivity index (χ1) is 17.1. The molecule has 3 aliphatic rings. The highest BCUT2D eigenvalue weighted by molar-refractivity contribution is 5.47. The molecule has 4 atom stereocenters. The van der Waals surface area contributed by atoms with Crippen molar-refractivity contribution in [3.63, 3.8) is 0 Å². The standard InChI is InChI=1S/C29H39N3O3/c1-20(33)28(25-11-4-3-10-24(25)26-18-27(26)34-2)32-16-14-23(19-32)35-17-6-5-9-22-13-12-21-8-7-15-30-29(21)31-22/h3-4,10-13,23,26-28,33H,1,5-9,14-19H2,2H3,(H,30,31)/t23-,26-,27+,28-/m1/s1. The van der Waals surface area contributed by atoms with Crippen molar-refractivity contribution < 1.29 is 14.6 Å². The van der Waals surface area contributed by atoms with E-state index in [1.54, 1.807) is 7.11 Å². The predicted molar refractivity (Wildman–Crippen MR) is 139 cm³/mol. The van der Waals surface area contributed by atoms with E-state index in [0.29, 0.717) is 5.92 Å². The van der Waals surface area contributed by atoms with Gasteiger partial charge in [0.1, 0.15) is 11.6 Å². The normalized spacial score (nSPS) is 24.5. The van der Waals surface area contributed by atoms with E-state index >= 15 is 0 Å². The minimum Gasteiger partial charge on any atom is -0.511 e. The number of aryl methyl sites for hydroxylation is 2. The summed E-state index contributed by atoms with van der Waals surface area (Å²) in [5.41, 5.74) is 4.93. The van der Waals surface area contributed by atoms with Gasteiger partial charge in [0.05, 0.1) is 18.2 Å². The zero-order valence-electron chi connectivity index (χ0n) is 20.9. The minimum atomic E-state index is -0.193. The average Bonchev–Trinajstić information content (AvgIpc) is 3.53. The molecule has 35 heavy (non-hydrogen) atoms. The smallest absolute Gasteiger partial charge is 0.129 e. The van der Waals surface area contributed by atoms with Gasteiger partial charge in [-0.15, -0.1) is 0 Å². The number of hydrogen-bond acceptors (Lipinski definition) is 6. The number of nitrogens with zero attached hydrogens (tertiary/aromatic N) is 2. The number of aliphatic hydroxyl groups excluding tert-OH is 1. The lowest BCUT2D eigenvalue weighted by atomic mass is 9.95. The number of unbranched alkanes of at least 4 members (excludes halogenated alkanes) is 1. The van der Waals surface area contributed by atoms with Crippen LogP contribution in [0, 0.1) is 0 Å². The maximum Gasteiger partial charge on any atom is 0.129 e. The van der Waals surface area contributed by atoms with Crippen molar-refractivity contribution >= 4 is 5.82 Å². The van der Waals surface area contributed by atoms with Gasteiger partial charge in [0.25, 0.3) is 0 Å². The fourth-order valence-corrected chi connectivity index (χ4v) is 5.73. The Hall–Kier alpha value is -2.41. The fraction of sp³-hybridized carbons (Fsp3) is 0.552. The van der Waals surface area contributed by atoms with Crippen LogP contribution in [0.3, 0.4) is 0 Å². The number of ether oxygens (including phenoxy) is 2. The second kappa shape index (κ2) is 11.1. The van der Waals surface area contributed by atoms with Gasteiger partial charge in [-0.25, -0.2) is 4.98 Å². The Balaban J connectivity index is 1.10. The summed E-state index contributed by atoms with van der Waals surface area (Å²) in [4.78, 5) is 7.12. The topological polar surface area (TPSA) is 66.9 Å². The Morgan fingerprint density at radius 2 is 2.14 bits per heavy atom. The van der Waals surface area contributed by atoms with E-state index in [9.17, 15) is 5.11 Å². The third-order valence-electron chi connectivity index (χ3n) is 7.71. The van der Waals surface area contributed by atoms with E-state index in [-0.39, 0.29) is 24.0 Å². The number of benzene rings is 1. The van der Waals surface area contributed by atoms with Crippen molar-refractivity contribution in [1.82, 2.24) is 9.88 Å². The molecule has 2 aliphatic heterocycles. The summed E-state index contributed by atoms with van der Waals surface area (Å²) in [6.07, 6.45) is 7.92. The molecule has 1 aromatic heterocycles. The monoisotopic (exact) mass is 477 g/mol. The molecule has 188 valence electrons. The van der Waals surface area contributed by atoms with Gasteiger partial charge in [0, 0.05) is 45.0 Å². The van der Waals surface area contributed by atoms with Gasteiger partial charge in [-0.2, -0.15) is 0 Å². The second-order valence-corrected chi connectivity index (χ2v) is 10.2. The maximum absolute atomic E-state index is 10.6. The predicted octanol–water partition coefficient (Wildman–Crippen LogP) is 5.17. The van der Waals surface area contributed by atoms with Crippen molar-refractivity contribution in [2.24, 2.45) is 0 Å². The molecule has 0 bridgehead atoms. The van der Waals surface area contributed by atoms with Crippen LogP contribution < -0.4 is 5.32 Å². The number of aromatic nitrogens is 1. The number of fused-ring (bicyclic) bond motifs is 1. The van der Waals surface area contributed by atoms with Crippen LogP contribution in [0.2, 0.25) is 0 Å². The maximum atomic E-state index is 10.6. The van der Waals surface area contributed by atoms with Crippen LogP contribution in [0.5, 0.6) is 0 Å². The first-order valence-electron chi connectivity index (χ1n) is 13.2. The van der Waals surface area contributed by atoms with Gasteiger partial charge in [-0.3, -0.25) is 4.90 Å². The summed E-state index contributed by atoms with van der Waals surface area (Å²) in [6.45, 7) is 7.44. The SMILES string of the molecule is C=C(O)[C@H](c1ccccc1[C@H]1C[C@@H]1OC)N1CC[C@@H](OCCCCc2ccc3c(n2)NCCC3)C1. The van der Waals surface area contributed by atoms with Crippen LogP contribution in [-0.4, -0.2) is 60.5 Å². The van der Waals surface area contributed by atoms with Crippen molar-refractivity contribution in [3.05, 3.63) is 71.1 Å². The Bertz CT molecular complexity index is 1030. The first-order valence-corrected chi connectivity index (χ1v) is 13.2. The second-order valence-electron chi connectivity index (χ2n) is 10.2. The van der Waals surface area contributed by atoms with Gasteiger partial charge >= 0.3 is 0 Å². The van der Waals surface area contributed by atoms with Crippen molar-refractivity contribution in [3.8, 4) is 0 Å². The molecule has 3 heterocycles. The van der Waals surface area contributed by atoms with E-state index < -0.39 is 0 Å². The van der Waals surface area contributed by atoms with E-state index in [0.717, 1.165) is 76.1 Å². The van der Waals surface area contributed by atoms with E-state index in [1.165, 1.54) is 23.2 Å². The van der Waals surface area contributed by atoms with Crippen LogP contribution in [0.25, 0.3) is 0 Å². The largest absolute Gasteiger partial charge is 0.511 e. The number of nitrogens with one attached hydrogen (secondary N) is 1. The lowest BCUT2D eigenvalue weighted by Crippen LogP contribution is -2.30. The van der Waals surface area contributed by atoms with Crippen LogP contribution in [0.15, 0.2) is 48.7 Å². The molecule has 5 rings (SSSR count). The number of anilines is 1. The molecule has 0 amide bonds. The highest BCUT2D eigenvalue weighted by Gasteiger charge is 2.42. The number of pyridine rings is 1. The summed E-state index contributed by atoms with van der Waals surface area (Å²) >= 11 is 0. The summed E-state index contributed by atoms with van der Waals surface area (Å²) in [6, 6.07) is 12.6. The average molecular weight is 478 g/mol. The van der Waals surface area contributed by atoms with Crippen LogP contribution in [0.1, 0.15) is 66.4 Å². The Kier molecular flexibility index (Phi) is 7.71. The number of aliphatic hydroxyl groups is 1. The highest BCUT2D eigenvalue weighted by atomic mass is 16.5. The molecule has 1 saturated heterocycles. The zero-order chi connectivity index (χ0) is 24.2. The summed E-state index contributed by atoms with van der Waals surface area (Å²) in [5, 5.41) is 14.0. The lowest BCUT2D eigenvalue weighted by molar-refractivity contribution is 0.0524. The zero-order valence-corrected chi connectivity index (χ0v) is 20.9. The number of likely N-dealkylation sites (tertiary alicyclic amines) is 1. The van der Waals surface area contributed by atoms with E-state index in [1.807, 2.05) is 0 Å². The summed E-state index contributed by atoms with van der Waals surface area (Å²) < 4.78 is 11.8. The van der Waals surface area contributed by atoms with Crippen molar-refractivity contribution in [1.29, 1.82) is 0 Å². The van der Waals surface area contributed by atoms with Gasteiger partial charge in [0.2, 0.25) is 0 Å². The van der Waals surface area contributed by atoms with E-state index in [2.05, 4.69) is 53.2 Å². The minimum absolute atomic E-state index is 0.193. The van der Waals surface area contributed by atoms with Crippen LogP contribution >= 0.6 is 0 Å². The van der Waals surface area contributed by atoms with Gasteiger partial charge < -0.3 is 19.9 Å². The molecule has 1 aliphatic carbocycles. The third-order valence-corrected chi connectivity index (χ3v) is 7.71. The molecular weight excluding hydrogens is 438 g/mol. The fourth-order valence-electron chi connectivity index (χ4n) is 5.73. The molecule has 6 nitrogen and oxygen atoms in total. The van der Waals surface area contributed by atoms with E-state index in [4.69, 9.17) is 14.5 Å². The number of hydrogen-bond donors (Lipinski definition) is 2. The molecule has 2 aromatic rings. The van der Waals surface area contributed by atoms with Crippen molar-refractivity contribution in [2.75, 3.05) is 38.7 Å². The Morgan fingerprint density at radius 3 is 2.97 bits per heavy atom. The quantitative estimate of drug-likeness (QED) is 0.344. The molecule has 6 heteroatoms. The molecule has 2 N–H and O–H groups in total. The molecule has 1 aromatic carbocycles. The molecule has 0 unspecified atom stereocenters. The van der Waals surface area contributed by atoms with Gasteiger partial charge in [-0.1, -0.05) is 36.9 Å². The Labute approximate surface area is 209 Å². The summed E-state index contributed by atoms with van der Waals surface area (Å²) in [7, 11) is 1.78. The van der Waals surface area contributed by atoms with Crippen molar-refractivity contribution in [2.45, 2.75) is 69.1 Å². The summed E-state index contributed by atoms with van der Waals surface area (Å²) in [5.74, 6) is 1.70. The molecule has 1 saturated carbocycles. The van der Waals surface area contributed by atoms with Gasteiger partial charge in [0.15, 0.2) is 0 Å². The van der Waals surface area contributed by atoms with Crippen LogP contribution in [0.4, 0.5) is 5.82 Å². The highest BCUT2D eigenvalue weighted by Crippen LogP contribution is 2.47.